The van der Waals surface area contributed by atoms with Gasteiger partial charge in [-0.15, -0.1) is 0 Å². The summed E-state index contributed by atoms with van der Waals surface area (Å²) in [5, 5.41) is 8.91. The summed E-state index contributed by atoms with van der Waals surface area (Å²) < 4.78 is 0. The Balaban J connectivity index is 1.66. The Bertz CT molecular complexity index is 579. The summed E-state index contributed by atoms with van der Waals surface area (Å²) in [6.45, 7) is 1.47. The molecule has 2 aliphatic heterocycles. The Morgan fingerprint density at radius 2 is 1.91 bits per heavy atom. The number of carbonyl (C=O) groups is 2. The molecule has 124 valence electrons. The lowest BCUT2D eigenvalue weighted by atomic mass is 9.75. The van der Waals surface area contributed by atoms with E-state index in [1.807, 2.05) is 35.0 Å². The van der Waals surface area contributed by atoms with Gasteiger partial charge in [-0.1, -0.05) is 30.3 Å². The van der Waals surface area contributed by atoms with Crippen molar-refractivity contribution in [2.24, 2.45) is 5.41 Å². The largest absolute Gasteiger partial charge is 0.480 e. The van der Waals surface area contributed by atoms with Gasteiger partial charge in [0, 0.05) is 13.1 Å². The van der Waals surface area contributed by atoms with Gasteiger partial charge in [-0.2, -0.15) is 0 Å². The van der Waals surface area contributed by atoms with Gasteiger partial charge in [-0.05, 0) is 44.3 Å². The maximum atomic E-state index is 12.8. The Morgan fingerprint density at radius 1 is 1.26 bits per heavy atom. The molecular weight excluding hydrogens is 292 g/mol. The zero-order valence-electron chi connectivity index (χ0n) is 13.6. The average Bonchev–Trinajstić information content (AvgIpc) is 2.76. The smallest absolute Gasteiger partial charge is 0.317 e. The molecule has 0 aromatic heterocycles. The number of likely N-dealkylation sites (N-methyl/N-ethyl adjacent to an activating group) is 1. The average molecular weight is 316 g/mol. The number of aliphatic carboxylic acids is 1. The van der Waals surface area contributed by atoms with Gasteiger partial charge in [0.2, 0.25) is 5.91 Å². The van der Waals surface area contributed by atoms with Crippen molar-refractivity contribution in [3.05, 3.63) is 35.9 Å². The van der Waals surface area contributed by atoms with E-state index in [0.717, 1.165) is 25.7 Å². The van der Waals surface area contributed by atoms with Crippen LogP contribution in [0.2, 0.25) is 0 Å². The summed E-state index contributed by atoms with van der Waals surface area (Å²) in [6, 6.07) is 10.5. The Hall–Kier alpha value is -1.88. The van der Waals surface area contributed by atoms with Crippen molar-refractivity contribution >= 4 is 11.9 Å². The topological polar surface area (TPSA) is 60.9 Å². The highest BCUT2D eigenvalue weighted by Crippen LogP contribution is 2.44. The molecule has 1 aromatic carbocycles. The molecule has 0 radical (unpaired) electrons. The van der Waals surface area contributed by atoms with Gasteiger partial charge in [0.15, 0.2) is 0 Å². The highest BCUT2D eigenvalue weighted by molar-refractivity contribution is 5.85. The van der Waals surface area contributed by atoms with Crippen molar-refractivity contribution in [2.45, 2.75) is 31.7 Å². The van der Waals surface area contributed by atoms with E-state index >= 15 is 0 Å². The number of hydrogen-bond acceptors (Lipinski definition) is 3. The number of likely N-dealkylation sites (tertiary alicyclic amines) is 2. The molecule has 3 rings (SSSR count). The van der Waals surface area contributed by atoms with E-state index in [9.17, 15) is 9.59 Å². The van der Waals surface area contributed by atoms with E-state index in [1.54, 1.807) is 0 Å². The predicted molar refractivity (Wildman–Crippen MR) is 87.1 cm³/mol. The molecule has 0 saturated carbocycles. The van der Waals surface area contributed by atoms with Crippen molar-refractivity contribution in [3.63, 3.8) is 0 Å². The summed E-state index contributed by atoms with van der Waals surface area (Å²) in [5.74, 6) is -0.550. The van der Waals surface area contributed by atoms with Crippen LogP contribution >= 0.6 is 0 Å². The summed E-state index contributed by atoms with van der Waals surface area (Å²) in [7, 11) is 1.91. The van der Waals surface area contributed by atoms with Crippen LogP contribution in [-0.4, -0.2) is 59.5 Å². The molecule has 1 spiro atoms. The minimum absolute atomic E-state index is 0.0769. The SMILES string of the molecule is CN1C(=O)C2(CCN(CC(=O)O)CC2)C[C@@H]1Cc1ccccc1. The molecule has 0 aliphatic carbocycles. The van der Waals surface area contributed by atoms with E-state index < -0.39 is 5.97 Å². The Labute approximate surface area is 136 Å². The molecule has 2 heterocycles. The van der Waals surface area contributed by atoms with Gasteiger partial charge < -0.3 is 10.0 Å². The van der Waals surface area contributed by atoms with Crippen LogP contribution in [0.3, 0.4) is 0 Å². The number of piperidine rings is 1. The second kappa shape index (κ2) is 6.32. The van der Waals surface area contributed by atoms with Crippen LogP contribution in [0.1, 0.15) is 24.8 Å². The lowest BCUT2D eigenvalue weighted by Gasteiger charge is -2.37. The van der Waals surface area contributed by atoms with E-state index in [1.165, 1.54) is 5.56 Å². The monoisotopic (exact) mass is 316 g/mol. The van der Waals surface area contributed by atoms with E-state index in [2.05, 4.69) is 12.1 Å². The minimum atomic E-state index is -0.794. The van der Waals surface area contributed by atoms with Crippen LogP contribution in [0.4, 0.5) is 0 Å². The Morgan fingerprint density at radius 3 is 2.52 bits per heavy atom. The van der Waals surface area contributed by atoms with Crippen LogP contribution in [0.25, 0.3) is 0 Å². The quantitative estimate of drug-likeness (QED) is 0.917. The number of nitrogens with zero attached hydrogens (tertiary/aromatic N) is 2. The first-order chi connectivity index (χ1) is 11.0. The lowest BCUT2D eigenvalue weighted by molar-refractivity contribution is -0.140. The number of amides is 1. The Kier molecular flexibility index (Phi) is 4.39. The molecule has 2 fully saturated rings. The number of benzene rings is 1. The molecule has 2 saturated heterocycles. The van der Waals surface area contributed by atoms with E-state index in [0.29, 0.717) is 13.1 Å². The number of rotatable bonds is 4. The van der Waals surface area contributed by atoms with Crippen molar-refractivity contribution in [3.8, 4) is 0 Å². The minimum Gasteiger partial charge on any atom is -0.480 e. The summed E-state index contributed by atoms with van der Waals surface area (Å²) in [4.78, 5) is 27.5. The third-order valence-corrected chi connectivity index (χ3v) is 5.43. The van der Waals surface area contributed by atoms with Gasteiger partial charge in [-0.3, -0.25) is 14.5 Å². The number of carbonyl (C=O) groups excluding carboxylic acids is 1. The third-order valence-electron chi connectivity index (χ3n) is 5.43. The highest BCUT2D eigenvalue weighted by atomic mass is 16.4. The van der Waals surface area contributed by atoms with Gasteiger partial charge in [0.25, 0.3) is 0 Å². The first-order valence-corrected chi connectivity index (χ1v) is 8.25. The number of hydrogen-bond donors (Lipinski definition) is 1. The lowest BCUT2D eigenvalue weighted by Crippen LogP contribution is -2.45. The fourth-order valence-corrected chi connectivity index (χ4v) is 4.06. The zero-order valence-corrected chi connectivity index (χ0v) is 13.6. The molecule has 1 N–H and O–H groups in total. The van der Waals surface area contributed by atoms with Crippen molar-refractivity contribution < 1.29 is 14.7 Å². The molecule has 23 heavy (non-hydrogen) atoms. The molecule has 1 atom stereocenters. The highest BCUT2D eigenvalue weighted by Gasteiger charge is 2.51. The van der Waals surface area contributed by atoms with Crippen LogP contribution in [-0.2, 0) is 16.0 Å². The van der Waals surface area contributed by atoms with Crippen molar-refractivity contribution in [2.75, 3.05) is 26.7 Å². The van der Waals surface area contributed by atoms with Gasteiger partial charge >= 0.3 is 5.97 Å². The fraction of sp³-hybridized carbons (Fsp3) is 0.556. The van der Waals surface area contributed by atoms with E-state index in [-0.39, 0.29) is 23.9 Å². The zero-order chi connectivity index (χ0) is 16.4. The summed E-state index contributed by atoms with van der Waals surface area (Å²) in [6.07, 6.45) is 3.32. The van der Waals surface area contributed by atoms with Crippen LogP contribution in [0.5, 0.6) is 0 Å². The molecule has 5 nitrogen and oxygen atoms in total. The standard InChI is InChI=1S/C18H24N2O3/c1-19-15(11-14-5-3-2-4-6-14)12-18(17(19)23)7-9-20(10-8-18)13-16(21)22/h2-6,15H,7-13H2,1H3,(H,21,22)/t15-/m0/s1. The normalized spacial score (nSPS) is 24.3. The van der Waals surface area contributed by atoms with Gasteiger partial charge in [0.05, 0.1) is 12.0 Å². The molecule has 1 amide bonds. The maximum absolute atomic E-state index is 12.8. The number of carboxylic acid groups (broad SMARTS) is 1. The third kappa shape index (κ3) is 3.24. The van der Waals surface area contributed by atoms with Crippen LogP contribution in [0, 0.1) is 5.41 Å². The van der Waals surface area contributed by atoms with Crippen LogP contribution in [0.15, 0.2) is 30.3 Å². The summed E-state index contributed by atoms with van der Waals surface area (Å²) >= 11 is 0. The molecule has 0 unspecified atom stereocenters. The second-order valence-electron chi connectivity index (χ2n) is 6.91. The predicted octanol–water partition coefficient (Wildman–Crippen LogP) is 1.63. The molecule has 1 aromatic rings. The number of carboxylic acids is 1. The second-order valence-corrected chi connectivity index (χ2v) is 6.91. The fourth-order valence-electron chi connectivity index (χ4n) is 4.06. The van der Waals surface area contributed by atoms with Crippen LogP contribution < -0.4 is 0 Å². The first-order valence-electron chi connectivity index (χ1n) is 8.25. The van der Waals surface area contributed by atoms with Gasteiger partial charge in [-0.25, -0.2) is 0 Å². The van der Waals surface area contributed by atoms with Crippen molar-refractivity contribution in [1.29, 1.82) is 0 Å². The molecule has 5 heteroatoms. The molecule has 0 bridgehead atoms. The molecular formula is C18H24N2O3. The van der Waals surface area contributed by atoms with E-state index in [4.69, 9.17) is 5.11 Å². The first kappa shape index (κ1) is 16.0. The summed E-state index contributed by atoms with van der Waals surface area (Å²) in [5.41, 5.74) is 0.987. The molecule has 2 aliphatic rings. The maximum Gasteiger partial charge on any atom is 0.317 e. The van der Waals surface area contributed by atoms with Gasteiger partial charge in [0.1, 0.15) is 0 Å². The van der Waals surface area contributed by atoms with Crippen molar-refractivity contribution in [1.82, 2.24) is 9.80 Å².